The van der Waals surface area contributed by atoms with Gasteiger partial charge in [-0.2, -0.15) is 10.2 Å². The number of aromatic nitrogens is 4. The minimum absolute atomic E-state index is 0. The van der Waals surface area contributed by atoms with Gasteiger partial charge in [0.2, 0.25) is 0 Å². The number of hydrogen-bond acceptors (Lipinski definition) is 3. The molecule has 6 heteroatoms. The number of nitrogens with one attached hydrogen (secondary N) is 1. The van der Waals surface area contributed by atoms with E-state index < -0.39 is 0 Å². The van der Waals surface area contributed by atoms with E-state index in [1.165, 1.54) is 11.3 Å². The number of rotatable bonds is 3. The molecule has 88 valence electrons. The largest absolute Gasteiger partial charge is 0.364 e. The van der Waals surface area contributed by atoms with E-state index in [1.54, 1.807) is 4.68 Å². The minimum atomic E-state index is 0. The molecule has 2 rings (SSSR count). The number of anilines is 1. The second-order valence-corrected chi connectivity index (χ2v) is 3.61. The SMILES string of the molecule is Cc1c(CNc2ccn(C)n2)cnn1C.Cl. The van der Waals surface area contributed by atoms with Crippen molar-refractivity contribution in [3.05, 3.63) is 29.7 Å². The maximum Gasteiger partial charge on any atom is 0.148 e. The molecule has 1 N–H and O–H groups in total. The Morgan fingerprint density at radius 2 is 2.12 bits per heavy atom. The number of aryl methyl sites for hydroxylation is 2. The van der Waals surface area contributed by atoms with Gasteiger partial charge in [0, 0.05) is 44.2 Å². The molecule has 0 aromatic carbocycles. The fraction of sp³-hybridized carbons (Fsp3) is 0.400. The molecule has 0 atom stereocenters. The lowest BCUT2D eigenvalue weighted by Gasteiger charge is -2.02. The van der Waals surface area contributed by atoms with Crippen molar-refractivity contribution in [3.8, 4) is 0 Å². The van der Waals surface area contributed by atoms with E-state index in [9.17, 15) is 0 Å². The van der Waals surface area contributed by atoms with Gasteiger partial charge in [-0.1, -0.05) is 0 Å². The minimum Gasteiger partial charge on any atom is -0.364 e. The highest BCUT2D eigenvalue weighted by Crippen LogP contribution is 2.08. The van der Waals surface area contributed by atoms with Crippen LogP contribution in [0.3, 0.4) is 0 Å². The van der Waals surface area contributed by atoms with Gasteiger partial charge in [0.25, 0.3) is 0 Å². The molecular formula is C10H16ClN5. The van der Waals surface area contributed by atoms with Gasteiger partial charge >= 0.3 is 0 Å². The third-order valence-corrected chi connectivity index (χ3v) is 2.51. The molecule has 0 radical (unpaired) electrons. The van der Waals surface area contributed by atoms with E-state index in [1.807, 2.05) is 37.2 Å². The van der Waals surface area contributed by atoms with Crippen molar-refractivity contribution in [2.24, 2.45) is 14.1 Å². The van der Waals surface area contributed by atoms with E-state index in [-0.39, 0.29) is 12.4 Å². The highest BCUT2D eigenvalue weighted by Gasteiger charge is 2.03. The summed E-state index contributed by atoms with van der Waals surface area (Å²) in [7, 11) is 3.85. The molecule has 0 saturated carbocycles. The van der Waals surface area contributed by atoms with Crippen molar-refractivity contribution < 1.29 is 0 Å². The lowest BCUT2D eigenvalue weighted by molar-refractivity contribution is 0.738. The molecule has 2 aromatic rings. The van der Waals surface area contributed by atoms with Crippen LogP contribution < -0.4 is 5.32 Å². The maximum absolute atomic E-state index is 4.24. The molecule has 0 unspecified atom stereocenters. The Morgan fingerprint density at radius 3 is 2.62 bits per heavy atom. The molecule has 2 aromatic heterocycles. The summed E-state index contributed by atoms with van der Waals surface area (Å²) in [5.41, 5.74) is 2.38. The van der Waals surface area contributed by atoms with Gasteiger partial charge in [-0.3, -0.25) is 9.36 Å². The summed E-state index contributed by atoms with van der Waals surface area (Å²) in [4.78, 5) is 0. The maximum atomic E-state index is 4.24. The van der Waals surface area contributed by atoms with Crippen LogP contribution >= 0.6 is 12.4 Å². The Kier molecular flexibility index (Phi) is 3.95. The Labute approximate surface area is 101 Å². The third kappa shape index (κ3) is 2.55. The van der Waals surface area contributed by atoms with Crippen molar-refractivity contribution in [1.29, 1.82) is 0 Å². The average molecular weight is 242 g/mol. The third-order valence-electron chi connectivity index (χ3n) is 2.51. The quantitative estimate of drug-likeness (QED) is 0.886. The Morgan fingerprint density at radius 1 is 1.38 bits per heavy atom. The monoisotopic (exact) mass is 241 g/mol. The van der Waals surface area contributed by atoms with Gasteiger partial charge in [0.05, 0.1) is 6.20 Å². The van der Waals surface area contributed by atoms with Crippen molar-refractivity contribution >= 4 is 18.2 Å². The summed E-state index contributed by atoms with van der Waals surface area (Å²) in [5, 5.41) is 11.7. The molecule has 0 amide bonds. The van der Waals surface area contributed by atoms with E-state index in [4.69, 9.17) is 0 Å². The summed E-state index contributed by atoms with van der Waals surface area (Å²) in [6.07, 6.45) is 3.80. The molecule has 0 fully saturated rings. The van der Waals surface area contributed by atoms with Crippen molar-refractivity contribution in [2.45, 2.75) is 13.5 Å². The fourth-order valence-corrected chi connectivity index (χ4v) is 1.41. The van der Waals surface area contributed by atoms with Crippen LogP contribution in [0.5, 0.6) is 0 Å². The molecule has 5 nitrogen and oxygen atoms in total. The molecule has 0 bridgehead atoms. The normalized spacial score (nSPS) is 9.94. The highest BCUT2D eigenvalue weighted by atomic mass is 35.5. The van der Waals surface area contributed by atoms with Crippen LogP contribution in [0, 0.1) is 6.92 Å². The van der Waals surface area contributed by atoms with Gasteiger partial charge in [-0.05, 0) is 6.92 Å². The molecule has 16 heavy (non-hydrogen) atoms. The number of hydrogen-bond donors (Lipinski definition) is 1. The first-order chi connectivity index (χ1) is 7.16. The zero-order valence-electron chi connectivity index (χ0n) is 9.64. The van der Waals surface area contributed by atoms with Crippen LogP contribution in [0.2, 0.25) is 0 Å². The molecular weight excluding hydrogens is 226 g/mol. The summed E-state index contributed by atoms with van der Waals surface area (Å²) >= 11 is 0. The van der Waals surface area contributed by atoms with Crippen LogP contribution in [-0.4, -0.2) is 19.6 Å². The van der Waals surface area contributed by atoms with Gasteiger partial charge in [0.1, 0.15) is 5.82 Å². The van der Waals surface area contributed by atoms with E-state index >= 15 is 0 Å². The van der Waals surface area contributed by atoms with E-state index in [0.717, 1.165) is 12.4 Å². The van der Waals surface area contributed by atoms with Crippen LogP contribution in [0.25, 0.3) is 0 Å². The molecule has 0 aliphatic rings. The summed E-state index contributed by atoms with van der Waals surface area (Å²) < 4.78 is 3.65. The topological polar surface area (TPSA) is 47.7 Å². The van der Waals surface area contributed by atoms with Gasteiger partial charge in [0.15, 0.2) is 0 Å². The number of nitrogens with zero attached hydrogens (tertiary/aromatic N) is 4. The van der Waals surface area contributed by atoms with E-state index in [0.29, 0.717) is 0 Å². The molecule has 0 spiro atoms. The second kappa shape index (κ2) is 5.03. The molecule has 0 saturated heterocycles. The first-order valence-electron chi connectivity index (χ1n) is 4.88. The van der Waals surface area contributed by atoms with Gasteiger partial charge < -0.3 is 5.32 Å². The molecule has 0 aliphatic carbocycles. The summed E-state index contributed by atoms with van der Waals surface area (Å²) in [5.74, 6) is 0.890. The first kappa shape index (κ1) is 12.6. The first-order valence-corrected chi connectivity index (χ1v) is 4.88. The fourth-order valence-electron chi connectivity index (χ4n) is 1.41. The van der Waals surface area contributed by atoms with Crippen LogP contribution in [0.4, 0.5) is 5.82 Å². The Balaban J connectivity index is 0.00000128. The lowest BCUT2D eigenvalue weighted by atomic mass is 10.2. The van der Waals surface area contributed by atoms with Crippen molar-refractivity contribution in [2.75, 3.05) is 5.32 Å². The van der Waals surface area contributed by atoms with Gasteiger partial charge in [-0.25, -0.2) is 0 Å². The predicted molar refractivity (Wildman–Crippen MR) is 65.7 cm³/mol. The lowest BCUT2D eigenvalue weighted by Crippen LogP contribution is -2.02. The zero-order chi connectivity index (χ0) is 10.8. The van der Waals surface area contributed by atoms with Crippen LogP contribution in [0.15, 0.2) is 18.5 Å². The Hall–Kier alpha value is -1.49. The smallest absolute Gasteiger partial charge is 0.148 e. The summed E-state index contributed by atoms with van der Waals surface area (Å²) in [6, 6.07) is 1.95. The predicted octanol–water partition coefficient (Wildman–Crippen LogP) is 1.50. The molecule has 2 heterocycles. The zero-order valence-corrected chi connectivity index (χ0v) is 10.5. The van der Waals surface area contributed by atoms with Crippen molar-refractivity contribution in [3.63, 3.8) is 0 Å². The van der Waals surface area contributed by atoms with Crippen LogP contribution in [-0.2, 0) is 20.6 Å². The van der Waals surface area contributed by atoms with Crippen molar-refractivity contribution in [1.82, 2.24) is 19.6 Å². The summed E-state index contributed by atoms with van der Waals surface area (Å²) in [6.45, 7) is 2.82. The molecule has 0 aliphatic heterocycles. The van der Waals surface area contributed by atoms with Gasteiger partial charge in [-0.15, -0.1) is 12.4 Å². The Bertz CT molecular complexity index is 459. The average Bonchev–Trinajstić information content (AvgIpc) is 2.74. The second-order valence-electron chi connectivity index (χ2n) is 3.61. The standard InChI is InChI=1S/C10H15N5.ClH/c1-8-9(7-12-15(8)3)6-11-10-4-5-14(2)13-10;/h4-5,7H,6H2,1-3H3,(H,11,13);1H. The highest BCUT2D eigenvalue weighted by molar-refractivity contribution is 5.85. The number of halogens is 1. The van der Waals surface area contributed by atoms with Crippen LogP contribution in [0.1, 0.15) is 11.3 Å². The van der Waals surface area contributed by atoms with E-state index in [2.05, 4.69) is 22.4 Å².